The summed E-state index contributed by atoms with van der Waals surface area (Å²) in [6.45, 7) is 13.7. The number of hydrogen-bond donors (Lipinski definition) is 2. The van der Waals surface area contributed by atoms with E-state index in [1.54, 1.807) is 10.9 Å². The van der Waals surface area contributed by atoms with E-state index >= 15 is 0 Å². The van der Waals surface area contributed by atoms with Crippen molar-refractivity contribution in [3.05, 3.63) is 21.2 Å². The summed E-state index contributed by atoms with van der Waals surface area (Å²) < 4.78 is 1.62. The third-order valence-corrected chi connectivity index (χ3v) is 3.43. The number of aromatic nitrogens is 2. The molecule has 0 amide bonds. The average Bonchev–Trinajstić information content (AvgIpc) is 2.95. The lowest BCUT2D eigenvalue weighted by molar-refractivity contribution is 0.504. The Kier molecular flexibility index (Phi) is 4.98. The average molecular weight is 316 g/mol. The first-order chi connectivity index (χ1) is 10.8. The van der Waals surface area contributed by atoms with Crippen molar-refractivity contribution in [3.8, 4) is 0 Å². The van der Waals surface area contributed by atoms with Gasteiger partial charge in [0, 0.05) is 13.1 Å². The smallest absolute Gasteiger partial charge is 0.315 e. The van der Waals surface area contributed by atoms with Gasteiger partial charge in [-0.2, -0.15) is 0 Å². The molecule has 0 saturated carbocycles. The van der Waals surface area contributed by atoms with E-state index in [1.807, 2.05) is 18.7 Å². The minimum atomic E-state index is -0.196. The molecule has 0 spiro atoms. The van der Waals surface area contributed by atoms with Gasteiger partial charge in [-0.05, 0) is 11.8 Å². The molecule has 1 aliphatic rings. The van der Waals surface area contributed by atoms with Crippen LogP contribution in [0.1, 0.15) is 27.7 Å². The summed E-state index contributed by atoms with van der Waals surface area (Å²) in [4.78, 5) is 25.4. The molecule has 2 rings (SSSR count). The molecular weight excluding hydrogens is 292 g/mol. The van der Waals surface area contributed by atoms with E-state index in [-0.39, 0.29) is 5.69 Å². The van der Waals surface area contributed by atoms with Crippen LogP contribution in [0, 0.1) is 17.2 Å². The van der Waals surface area contributed by atoms with Crippen LogP contribution in [0.2, 0.25) is 0 Å². The van der Waals surface area contributed by atoms with E-state index in [1.165, 1.54) is 0 Å². The van der Waals surface area contributed by atoms with E-state index in [9.17, 15) is 4.79 Å². The van der Waals surface area contributed by atoms with Crippen LogP contribution in [0.4, 0.5) is 0 Å². The fourth-order valence-electron chi connectivity index (χ4n) is 2.53. The summed E-state index contributed by atoms with van der Waals surface area (Å²) in [6.07, 6.45) is 2.68. The zero-order valence-corrected chi connectivity index (χ0v) is 14.1. The fraction of sp³-hybridized carbons (Fsp3) is 0.500. The quantitative estimate of drug-likeness (QED) is 0.606. The molecule has 1 aliphatic heterocycles. The van der Waals surface area contributed by atoms with Gasteiger partial charge in [-0.25, -0.2) is 14.8 Å². The van der Waals surface area contributed by atoms with Crippen molar-refractivity contribution in [2.45, 2.75) is 34.2 Å². The van der Waals surface area contributed by atoms with Gasteiger partial charge in [-0.1, -0.05) is 34.3 Å². The number of amidine groups is 1. The number of hydrogen-bond acceptors (Lipinski definition) is 3. The molecule has 0 aromatic carbocycles. The van der Waals surface area contributed by atoms with Crippen molar-refractivity contribution in [1.29, 1.82) is 5.41 Å². The maximum Gasteiger partial charge on any atom is 0.326 e. The number of H-pyrrole nitrogens is 1. The number of aromatic amines is 1. The SMILES string of the molecule is C=c1c(=C2N=CN(CC(C)C)C2=NC=N)[nH]c(=O)n1CC(C)C. The monoisotopic (exact) mass is 316 g/mol. The van der Waals surface area contributed by atoms with Gasteiger partial charge in [-0.15, -0.1) is 0 Å². The predicted octanol–water partition coefficient (Wildman–Crippen LogP) is 0.356. The maximum absolute atomic E-state index is 12.2. The molecule has 1 aromatic rings. The first-order valence-electron chi connectivity index (χ1n) is 7.75. The van der Waals surface area contributed by atoms with Gasteiger partial charge in [0.25, 0.3) is 0 Å². The second-order valence-electron chi connectivity index (χ2n) is 6.48. The summed E-state index contributed by atoms with van der Waals surface area (Å²) in [5.74, 6) is 1.32. The van der Waals surface area contributed by atoms with Crippen LogP contribution in [-0.2, 0) is 6.54 Å². The highest BCUT2D eigenvalue weighted by Crippen LogP contribution is 2.12. The summed E-state index contributed by atoms with van der Waals surface area (Å²) in [5.41, 5.74) is 0.358. The third kappa shape index (κ3) is 3.49. The van der Waals surface area contributed by atoms with Gasteiger partial charge in [0.05, 0.1) is 17.0 Å². The molecule has 0 bridgehead atoms. The van der Waals surface area contributed by atoms with Crippen molar-refractivity contribution >= 4 is 30.8 Å². The number of rotatable bonds is 5. The van der Waals surface area contributed by atoms with Gasteiger partial charge in [0.2, 0.25) is 0 Å². The summed E-state index contributed by atoms with van der Waals surface area (Å²) in [7, 11) is 0. The Hall–Kier alpha value is -2.44. The first kappa shape index (κ1) is 16.9. The van der Waals surface area contributed by atoms with Crippen molar-refractivity contribution in [2.24, 2.45) is 21.8 Å². The summed E-state index contributed by atoms with van der Waals surface area (Å²) in [5, 5.41) is 8.45. The molecule has 7 nitrogen and oxygen atoms in total. The van der Waals surface area contributed by atoms with Crippen LogP contribution >= 0.6 is 0 Å². The highest BCUT2D eigenvalue weighted by Gasteiger charge is 2.23. The Morgan fingerprint density at radius 3 is 2.57 bits per heavy atom. The standard InChI is InChI=1S/C16H24N6O/c1-10(2)6-21-9-19-14(15(21)18-8-17)13-12(5)22(7-11(3)4)16(23)20-13/h8-11,17H,5-7H2,1-4H3,(H,20,23). The van der Waals surface area contributed by atoms with Crippen LogP contribution in [0.5, 0.6) is 0 Å². The van der Waals surface area contributed by atoms with Gasteiger partial charge in [-0.3, -0.25) is 9.98 Å². The zero-order valence-electron chi connectivity index (χ0n) is 14.1. The van der Waals surface area contributed by atoms with Gasteiger partial charge >= 0.3 is 5.69 Å². The van der Waals surface area contributed by atoms with Crippen molar-refractivity contribution in [1.82, 2.24) is 14.5 Å². The van der Waals surface area contributed by atoms with Crippen molar-refractivity contribution in [2.75, 3.05) is 6.54 Å². The molecule has 0 saturated heterocycles. The molecule has 0 fully saturated rings. The molecule has 1 aromatic heterocycles. The molecule has 7 heteroatoms. The minimum absolute atomic E-state index is 0.196. The summed E-state index contributed by atoms with van der Waals surface area (Å²) in [6, 6.07) is 0. The van der Waals surface area contributed by atoms with Crippen LogP contribution in [0.25, 0.3) is 12.3 Å². The largest absolute Gasteiger partial charge is 0.326 e. The maximum atomic E-state index is 12.2. The molecule has 124 valence electrons. The Morgan fingerprint density at radius 2 is 2.00 bits per heavy atom. The lowest BCUT2D eigenvalue weighted by atomic mass is 10.2. The molecule has 2 N–H and O–H groups in total. The van der Waals surface area contributed by atoms with Gasteiger partial charge in [0.15, 0.2) is 5.84 Å². The Bertz CT molecular complexity index is 809. The molecule has 23 heavy (non-hydrogen) atoms. The van der Waals surface area contributed by atoms with Gasteiger partial charge in [0.1, 0.15) is 12.0 Å². The minimum Gasteiger partial charge on any atom is -0.315 e. The molecule has 0 aliphatic carbocycles. The Morgan fingerprint density at radius 1 is 1.35 bits per heavy atom. The number of aliphatic imine (C=N–C) groups is 2. The number of nitrogens with zero attached hydrogens (tertiary/aromatic N) is 4. The van der Waals surface area contributed by atoms with Crippen molar-refractivity contribution in [3.63, 3.8) is 0 Å². The third-order valence-electron chi connectivity index (χ3n) is 3.43. The van der Waals surface area contributed by atoms with Crippen LogP contribution < -0.4 is 16.4 Å². The van der Waals surface area contributed by atoms with E-state index in [4.69, 9.17) is 5.41 Å². The van der Waals surface area contributed by atoms with E-state index in [0.29, 0.717) is 40.6 Å². The van der Waals surface area contributed by atoms with E-state index < -0.39 is 0 Å². The molecule has 2 heterocycles. The van der Waals surface area contributed by atoms with Crippen LogP contribution in [-0.4, -0.2) is 39.5 Å². The summed E-state index contributed by atoms with van der Waals surface area (Å²) >= 11 is 0. The molecule has 0 unspecified atom stereocenters. The van der Waals surface area contributed by atoms with Crippen LogP contribution in [0.15, 0.2) is 14.8 Å². The van der Waals surface area contributed by atoms with E-state index in [2.05, 4.69) is 35.4 Å². The molecular formula is C16H24N6O. The molecule has 0 radical (unpaired) electrons. The predicted molar refractivity (Wildman–Crippen MR) is 94.3 cm³/mol. The number of nitrogens with one attached hydrogen (secondary N) is 2. The number of imidazole rings is 1. The van der Waals surface area contributed by atoms with Gasteiger partial charge < -0.3 is 9.88 Å². The fourth-order valence-corrected chi connectivity index (χ4v) is 2.53. The first-order valence-corrected chi connectivity index (χ1v) is 7.75. The Labute approximate surface area is 135 Å². The lowest BCUT2D eigenvalue weighted by Gasteiger charge is -2.17. The normalized spacial score (nSPS) is 18.7. The Balaban J connectivity index is 2.60. The lowest BCUT2D eigenvalue weighted by Crippen LogP contribution is -2.36. The van der Waals surface area contributed by atoms with E-state index in [0.717, 1.165) is 12.9 Å². The highest BCUT2D eigenvalue weighted by molar-refractivity contribution is 6.25. The van der Waals surface area contributed by atoms with Crippen LogP contribution in [0.3, 0.4) is 0 Å². The zero-order chi connectivity index (χ0) is 17.1. The second-order valence-corrected chi connectivity index (χ2v) is 6.48. The van der Waals surface area contributed by atoms with Crippen molar-refractivity contribution < 1.29 is 0 Å². The highest BCUT2D eigenvalue weighted by atomic mass is 16.1. The second kappa shape index (κ2) is 6.76. The molecule has 0 atom stereocenters. The topological polar surface area (TPSA) is 89.6 Å².